The molecule has 0 radical (unpaired) electrons. The highest BCUT2D eigenvalue weighted by Crippen LogP contribution is 2.18. The number of ether oxygens (including phenoxy) is 1. The fourth-order valence-electron chi connectivity index (χ4n) is 2.10. The van der Waals surface area contributed by atoms with E-state index in [0.717, 1.165) is 23.3 Å². The van der Waals surface area contributed by atoms with Gasteiger partial charge in [-0.15, -0.1) is 0 Å². The number of nitrogens with one attached hydrogen (secondary N) is 1. The summed E-state index contributed by atoms with van der Waals surface area (Å²) < 4.78 is 8.95. The molecule has 0 bridgehead atoms. The highest BCUT2D eigenvalue weighted by molar-refractivity contribution is 9.10. The van der Waals surface area contributed by atoms with E-state index in [2.05, 4.69) is 58.1 Å². The molecule has 0 spiro atoms. The predicted molar refractivity (Wildman–Crippen MR) is 86.2 cm³/mol. The molecule has 4 heteroatoms. The van der Waals surface area contributed by atoms with Crippen molar-refractivity contribution in [2.75, 3.05) is 13.2 Å². The molecular weight excluding hydrogens is 316 g/mol. The number of hydrogen-bond acceptors (Lipinski definition) is 2. The highest BCUT2D eigenvalue weighted by Gasteiger charge is 2.05. The van der Waals surface area contributed by atoms with Crippen LogP contribution in [-0.2, 0) is 6.54 Å². The Balaban J connectivity index is 1.82. The fourth-order valence-corrected chi connectivity index (χ4v) is 2.48. The smallest absolute Gasteiger partial charge is 0.120 e. The molecule has 0 saturated heterocycles. The lowest BCUT2D eigenvalue weighted by Gasteiger charge is -2.10. The van der Waals surface area contributed by atoms with Gasteiger partial charge in [0.15, 0.2) is 0 Å². The Bertz CT molecular complexity index is 539. The van der Waals surface area contributed by atoms with Crippen molar-refractivity contribution in [2.24, 2.45) is 0 Å². The number of nitrogens with zero attached hydrogens (tertiary/aromatic N) is 1. The van der Waals surface area contributed by atoms with Gasteiger partial charge in [0.05, 0.1) is 6.54 Å². The monoisotopic (exact) mass is 336 g/mol. The largest absolute Gasteiger partial charge is 0.492 e. The summed E-state index contributed by atoms with van der Waals surface area (Å²) in [5.74, 6) is 0.896. The van der Waals surface area contributed by atoms with Crippen LogP contribution in [0.15, 0.2) is 47.2 Å². The van der Waals surface area contributed by atoms with E-state index >= 15 is 0 Å². The lowest BCUT2D eigenvalue weighted by atomic mass is 10.2. The molecule has 1 atom stereocenters. The van der Waals surface area contributed by atoms with Crippen LogP contribution in [0.5, 0.6) is 5.75 Å². The first-order chi connectivity index (χ1) is 9.69. The van der Waals surface area contributed by atoms with E-state index in [4.69, 9.17) is 4.74 Å². The lowest BCUT2D eigenvalue weighted by molar-refractivity contribution is 0.298. The van der Waals surface area contributed by atoms with Crippen molar-refractivity contribution in [1.29, 1.82) is 0 Å². The quantitative estimate of drug-likeness (QED) is 0.826. The van der Waals surface area contributed by atoms with Crippen LogP contribution in [0.4, 0.5) is 0 Å². The Labute approximate surface area is 129 Å². The van der Waals surface area contributed by atoms with Crippen molar-refractivity contribution in [3.63, 3.8) is 0 Å². The van der Waals surface area contributed by atoms with Gasteiger partial charge in [0.2, 0.25) is 0 Å². The fraction of sp³-hybridized carbons (Fsp3) is 0.375. The van der Waals surface area contributed by atoms with Crippen molar-refractivity contribution < 1.29 is 4.74 Å². The van der Waals surface area contributed by atoms with Gasteiger partial charge in [-0.1, -0.05) is 28.9 Å². The van der Waals surface area contributed by atoms with E-state index in [1.807, 2.05) is 24.3 Å². The molecule has 0 aliphatic carbocycles. The molecule has 0 amide bonds. The van der Waals surface area contributed by atoms with Gasteiger partial charge in [0.1, 0.15) is 12.4 Å². The first-order valence-corrected chi connectivity index (χ1v) is 7.75. The van der Waals surface area contributed by atoms with Crippen LogP contribution >= 0.6 is 15.9 Å². The highest BCUT2D eigenvalue weighted by atomic mass is 79.9. The Morgan fingerprint density at radius 3 is 2.95 bits per heavy atom. The third-order valence-electron chi connectivity index (χ3n) is 3.20. The minimum absolute atomic E-state index is 0.396. The Kier molecular flexibility index (Phi) is 5.68. The molecule has 2 rings (SSSR count). The molecule has 108 valence electrons. The van der Waals surface area contributed by atoms with E-state index in [9.17, 15) is 0 Å². The third kappa shape index (κ3) is 4.39. The Morgan fingerprint density at radius 2 is 2.20 bits per heavy atom. The molecule has 20 heavy (non-hydrogen) atoms. The number of rotatable bonds is 7. The van der Waals surface area contributed by atoms with Crippen LogP contribution in [0.1, 0.15) is 25.5 Å². The molecule has 0 fully saturated rings. The van der Waals surface area contributed by atoms with Crippen molar-refractivity contribution in [1.82, 2.24) is 9.88 Å². The Morgan fingerprint density at radius 1 is 1.35 bits per heavy atom. The normalized spacial score (nSPS) is 12.3. The van der Waals surface area contributed by atoms with Crippen LogP contribution < -0.4 is 10.1 Å². The van der Waals surface area contributed by atoms with Gasteiger partial charge >= 0.3 is 0 Å². The number of halogens is 1. The van der Waals surface area contributed by atoms with Gasteiger partial charge < -0.3 is 14.6 Å². The third-order valence-corrected chi connectivity index (χ3v) is 3.69. The van der Waals surface area contributed by atoms with E-state index in [1.165, 1.54) is 5.56 Å². The van der Waals surface area contributed by atoms with Gasteiger partial charge in [-0.25, -0.2) is 0 Å². The molecule has 0 aliphatic rings. The average molecular weight is 337 g/mol. The molecule has 2 aromatic rings. The average Bonchev–Trinajstić information content (AvgIpc) is 2.88. The van der Waals surface area contributed by atoms with E-state index in [-0.39, 0.29) is 0 Å². The maximum atomic E-state index is 5.74. The summed E-state index contributed by atoms with van der Waals surface area (Å²) in [6, 6.07) is 10.5. The van der Waals surface area contributed by atoms with Crippen LogP contribution in [-0.4, -0.2) is 17.7 Å². The minimum atomic E-state index is 0.396. The van der Waals surface area contributed by atoms with Gasteiger partial charge in [-0.2, -0.15) is 0 Å². The van der Waals surface area contributed by atoms with Crippen LogP contribution in [0.2, 0.25) is 0 Å². The first kappa shape index (κ1) is 15.1. The summed E-state index contributed by atoms with van der Waals surface area (Å²) in [5.41, 5.74) is 1.31. The molecule has 0 aliphatic heterocycles. The van der Waals surface area contributed by atoms with E-state index in [0.29, 0.717) is 12.6 Å². The minimum Gasteiger partial charge on any atom is -0.492 e. The number of benzene rings is 1. The second-order valence-corrected chi connectivity index (χ2v) is 5.68. The van der Waals surface area contributed by atoms with Crippen LogP contribution in [0.3, 0.4) is 0 Å². The van der Waals surface area contributed by atoms with E-state index in [1.54, 1.807) is 0 Å². The Hall–Kier alpha value is -1.26. The molecule has 1 heterocycles. The van der Waals surface area contributed by atoms with Gasteiger partial charge in [-0.3, -0.25) is 0 Å². The molecule has 1 aromatic heterocycles. The number of hydrogen-bond donors (Lipinski definition) is 1. The standard InChI is InChI=1S/C16H21BrN2O/c1-3-18-13(2)14-7-8-19(12-14)9-10-20-16-6-4-5-15(17)11-16/h4-8,11-13,18H,3,9-10H2,1-2H3. The van der Waals surface area contributed by atoms with Gasteiger partial charge in [0.25, 0.3) is 0 Å². The maximum Gasteiger partial charge on any atom is 0.120 e. The molecule has 0 saturated carbocycles. The molecule has 1 aromatic carbocycles. The first-order valence-electron chi connectivity index (χ1n) is 6.96. The van der Waals surface area contributed by atoms with Gasteiger partial charge in [-0.05, 0) is 43.3 Å². The zero-order valence-corrected chi connectivity index (χ0v) is 13.6. The van der Waals surface area contributed by atoms with Crippen molar-refractivity contribution >= 4 is 15.9 Å². The van der Waals surface area contributed by atoms with Crippen molar-refractivity contribution in [2.45, 2.75) is 26.4 Å². The second-order valence-electron chi connectivity index (χ2n) is 4.77. The second kappa shape index (κ2) is 7.50. The summed E-state index contributed by atoms with van der Waals surface area (Å²) in [6.45, 7) is 6.81. The summed E-state index contributed by atoms with van der Waals surface area (Å²) >= 11 is 3.44. The van der Waals surface area contributed by atoms with Gasteiger partial charge in [0, 0.05) is 22.9 Å². The topological polar surface area (TPSA) is 26.2 Å². The predicted octanol–water partition coefficient (Wildman–Crippen LogP) is 4.00. The zero-order valence-electron chi connectivity index (χ0n) is 12.0. The summed E-state index contributed by atoms with van der Waals surface area (Å²) in [6.07, 6.45) is 4.28. The van der Waals surface area contributed by atoms with Crippen LogP contribution in [0.25, 0.3) is 0 Å². The van der Waals surface area contributed by atoms with Crippen molar-refractivity contribution in [3.8, 4) is 5.75 Å². The summed E-state index contributed by atoms with van der Waals surface area (Å²) in [7, 11) is 0. The lowest BCUT2D eigenvalue weighted by Crippen LogP contribution is -2.17. The molecule has 1 unspecified atom stereocenters. The van der Waals surface area contributed by atoms with Crippen molar-refractivity contribution in [3.05, 3.63) is 52.8 Å². The molecular formula is C16H21BrN2O. The molecule has 3 nitrogen and oxygen atoms in total. The maximum absolute atomic E-state index is 5.74. The SMILES string of the molecule is CCNC(C)c1ccn(CCOc2cccc(Br)c2)c1. The molecule has 1 N–H and O–H groups in total. The van der Waals surface area contributed by atoms with E-state index < -0.39 is 0 Å². The number of aromatic nitrogens is 1. The zero-order chi connectivity index (χ0) is 14.4. The summed E-state index contributed by atoms with van der Waals surface area (Å²) in [4.78, 5) is 0. The summed E-state index contributed by atoms with van der Waals surface area (Å²) in [5, 5.41) is 3.41. The van der Waals surface area contributed by atoms with Crippen LogP contribution in [0, 0.1) is 0 Å².